The molecular formula is C13H24N2. The van der Waals surface area contributed by atoms with E-state index in [0.717, 1.165) is 23.8 Å². The van der Waals surface area contributed by atoms with Gasteiger partial charge < -0.3 is 5.32 Å². The summed E-state index contributed by atoms with van der Waals surface area (Å²) >= 11 is 0. The maximum absolute atomic E-state index is 3.33. The van der Waals surface area contributed by atoms with Gasteiger partial charge in [0.15, 0.2) is 0 Å². The average Bonchev–Trinajstić information content (AvgIpc) is 3.11. The Morgan fingerprint density at radius 3 is 2.33 bits per heavy atom. The van der Waals surface area contributed by atoms with Gasteiger partial charge in [0.05, 0.1) is 0 Å². The molecule has 1 aliphatic heterocycles. The van der Waals surface area contributed by atoms with Crippen LogP contribution in [0.25, 0.3) is 0 Å². The summed E-state index contributed by atoms with van der Waals surface area (Å²) in [6.07, 6.45) is 7.52. The zero-order valence-electron chi connectivity index (χ0n) is 9.91. The van der Waals surface area contributed by atoms with E-state index in [2.05, 4.69) is 17.3 Å². The summed E-state index contributed by atoms with van der Waals surface area (Å²) in [6, 6.07) is 0.992. The molecule has 0 aromatic heterocycles. The molecule has 15 heavy (non-hydrogen) atoms. The molecule has 2 nitrogen and oxygen atoms in total. The summed E-state index contributed by atoms with van der Waals surface area (Å²) in [5, 5.41) is 3.33. The SMILES string of the molecule is CNCC1CCN(C(C2CC2)C2CC2)C1. The van der Waals surface area contributed by atoms with Crippen LogP contribution < -0.4 is 5.32 Å². The molecule has 2 aliphatic carbocycles. The minimum Gasteiger partial charge on any atom is -0.319 e. The van der Waals surface area contributed by atoms with E-state index in [9.17, 15) is 0 Å². The van der Waals surface area contributed by atoms with E-state index in [4.69, 9.17) is 0 Å². The number of likely N-dealkylation sites (tertiary alicyclic amines) is 1. The quantitative estimate of drug-likeness (QED) is 0.740. The average molecular weight is 208 g/mol. The molecule has 0 bridgehead atoms. The lowest BCUT2D eigenvalue weighted by molar-refractivity contribution is 0.187. The standard InChI is InChI=1S/C13H24N2/c1-14-8-10-6-7-15(9-10)13(11-2-3-11)12-4-5-12/h10-14H,2-9H2,1H3. The fourth-order valence-corrected chi connectivity index (χ4v) is 3.45. The summed E-state index contributed by atoms with van der Waals surface area (Å²) in [5.74, 6) is 3.10. The Hall–Kier alpha value is -0.0800. The van der Waals surface area contributed by atoms with E-state index < -0.39 is 0 Å². The highest BCUT2D eigenvalue weighted by molar-refractivity contribution is 4.99. The summed E-state index contributed by atoms with van der Waals surface area (Å²) in [6.45, 7) is 3.97. The number of hydrogen-bond donors (Lipinski definition) is 1. The van der Waals surface area contributed by atoms with Crippen LogP contribution in [0.3, 0.4) is 0 Å². The third-order valence-electron chi connectivity index (χ3n) is 4.44. The van der Waals surface area contributed by atoms with E-state index in [1.54, 1.807) is 0 Å². The maximum atomic E-state index is 3.33. The first kappa shape index (κ1) is 10.1. The van der Waals surface area contributed by atoms with Crippen LogP contribution in [0.5, 0.6) is 0 Å². The Balaban J connectivity index is 1.56. The molecule has 1 heterocycles. The van der Waals surface area contributed by atoms with Gasteiger partial charge in [-0.3, -0.25) is 4.90 Å². The summed E-state index contributed by atoms with van der Waals surface area (Å²) in [7, 11) is 2.09. The molecule has 0 aromatic carbocycles. The Morgan fingerprint density at radius 2 is 1.80 bits per heavy atom. The monoisotopic (exact) mass is 208 g/mol. The zero-order chi connectivity index (χ0) is 10.3. The molecule has 0 spiro atoms. The van der Waals surface area contributed by atoms with Gasteiger partial charge in [-0.1, -0.05) is 0 Å². The third-order valence-corrected chi connectivity index (χ3v) is 4.44. The summed E-state index contributed by atoms with van der Waals surface area (Å²) in [4.78, 5) is 2.83. The van der Waals surface area contributed by atoms with Crippen molar-refractivity contribution in [3.05, 3.63) is 0 Å². The molecule has 3 aliphatic rings. The second-order valence-corrected chi connectivity index (χ2v) is 5.87. The van der Waals surface area contributed by atoms with E-state index in [1.165, 1.54) is 51.7 Å². The van der Waals surface area contributed by atoms with Gasteiger partial charge in [-0.2, -0.15) is 0 Å². The molecule has 1 saturated heterocycles. The Bertz CT molecular complexity index is 209. The number of hydrogen-bond acceptors (Lipinski definition) is 2. The van der Waals surface area contributed by atoms with Crippen molar-refractivity contribution < 1.29 is 0 Å². The first-order valence-electron chi connectivity index (χ1n) is 6.77. The van der Waals surface area contributed by atoms with Crippen LogP contribution in [0, 0.1) is 17.8 Å². The van der Waals surface area contributed by atoms with Crippen LogP contribution >= 0.6 is 0 Å². The lowest BCUT2D eigenvalue weighted by Gasteiger charge is -2.28. The Labute approximate surface area is 93.4 Å². The lowest BCUT2D eigenvalue weighted by Crippen LogP contribution is -2.37. The topological polar surface area (TPSA) is 15.3 Å². The molecular weight excluding hydrogens is 184 g/mol. The van der Waals surface area contributed by atoms with E-state index in [0.29, 0.717) is 0 Å². The van der Waals surface area contributed by atoms with Gasteiger partial charge in [0.2, 0.25) is 0 Å². The predicted octanol–water partition coefficient (Wildman–Crippen LogP) is 1.72. The molecule has 3 rings (SSSR count). The van der Waals surface area contributed by atoms with Crippen molar-refractivity contribution in [2.45, 2.75) is 38.1 Å². The largest absolute Gasteiger partial charge is 0.319 e. The zero-order valence-corrected chi connectivity index (χ0v) is 9.91. The molecule has 3 fully saturated rings. The van der Waals surface area contributed by atoms with Gasteiger partial charge in [0.25, 0.3) is 0 Å². The summed E-state index contributed by atoms with van der Waals surface area (Å²) in [5.41, 5.74) is 0. The van der Waals surface area contributed by atoms with Crippen molar-refractivity contribution in [1.82, 2.24) is 10.2 Å². The molecule has 1 atom stereocenters. The Kier molecular flexibility index (Phi) is 2.73. The van der Waals surface area contributed by atoms with Gasteiger partial charge >= 0.3 is 0 Å². The van der Waals surface area contributed by atoms with Crippen LogP contribution in [0.15, 0.2) is 0 Å². The van der Waals surface area contributed by atoms with Gasteiger partial charge in [0.1, 0.15) is 0 Å². The van der Waals surface area contributed by atoms with Crippen LogP contribution in [-0.4, -0.2) is 37.6 Å². The van der Waals surface area contributed by atoms with Gasteiger partial charge in [-0.25, -0.2) is 0 Å². The van der Waals surface area contributed by atoms with Crippen molar-refractivity contribution in [2.75, 3.05) is 26.7 Å². The molecule has 2 saturated carbocycles. The first-order valence-corrected chi connectivity index (χ1v) is 6.77. The molecule has 2 heteroatoms. The van der Waals surface area contributed by atoms with Crippen LogP contribution in [-0.2, 0) is 0 Å². The van der Waals surface area contributed by atoms with Crippen LogP contribution in [0.4, 0.5) is 0 Å². The Morgan fingerprint density at radius 1 is 1.13 bits per heavy atom. The van der Waals surface area contributed by atoms with Crippen molar-refractivity contribution in [3.63, 3.8) is 0 Å². The maximum Gasteiger partial charge on any atom is 0.0152 e. The fraction of sp³-hybridized carbons (Fsp3) is 1.00. The second-order valence-electron chi connectivity index (χ2n) is 5.87. The van der Waals surface area contributed by atoms with E-state index in [1.807, 2.05) is 0 Å². The second kappa shape index (κ2) is 4.06. The molecule has 0 amide bonds. The number of nitrogens with one attached hydrogen (secondary N) is 1. The lowest BCUT2D eigenvalue weighted by atomic mass is 10.1. The van der Waals surface area contributed by atoms with Crippen molar-refractivity contribution in [3.8, 4) is 0 Å². The highest BCUT2D eigenvalue weighted by atomic mass is 15.2. The van der Waals surface area contributed by atoms with Gasteiger partial charge in [-0.15, -0.1) is 0 Å². The third kappa shape index (κ3) is 2.21. The van der Waals surface area contributed by atoms with Crippen LogP contribution in [0.1, 0.15) is 32.1 Å². The minimum atomic E-state index is 0.926. The van der Waals surface area contributed by atoms with Gasteiger partial charge in [0, 0.05) is 12.6 Å². The fourth-order valence-electron chi connectivity index (χ4n) is 3.45. The number of rotatable bonds is 5. The molecule has 1 unspecified atom stereocenters. The minimum absolute atomic E-state index is 0.926. The molecule has 1 N–H and O–H groups in total. The van der Waals surface area contributed by atoms with Crippen LogP contribution in [0.2, 0.25) is 0 Å². The predicted molar refractivity (Wildman–Crippen MR) is 62.8 cm³/mol. The van der Waals surface area contributed by atoms with E-state index >= 15 is 0 Å². The van der Waals surface area contributed by atoms with E-state index in [-0.39, 0.29) is 0 Å². The first-order chi connectivity index (χ1) is 7.38. The van der Waals surface area contributed by atoms with Gasteiger partial charge in [-0.05, 0) is 70.0 Å². The normalized spacial score (nSPS) is 32.8. The van der Waals surface area contributed by atoms with Crippen molar-refractivity contribution >= 4 is 0 Å². The number of nitrogens with zero attached hydrogens (tertiary/aromatic N) is 1. The molecule has 0 aromatic rings. The smallest absolute Gasteiger partial charge is 0.0152 e. The molecule has 0 radical (unpaired) electrons. The van der Waals surface area contributed by atoms with Crippen molar-refractivity contribution in [1.29, 1.82) is 0 Å². The molecule has 86 valence electrons. The summed E-state index contributed by atoms with van der Waals surface area (Å²) < 4.78 is 0. The highest BCUT2D eigenvalue weighted by Crippen LogP contribution is 2.48. The highest BCUT2D eigenvalue weighted by Gasteiger charge is 2.45. The van der Waals surface area contributed by atoms with Crippen molar-refractivity contribution in [2.24, 2.45) is 17.8 Å².